The predicted octanol–water partition coefficient (Wildman–Crippen LogP) is 5.05. The van der Waals surface area contributed by atoms with Crippen LogP contribution in [-0.2, 0) is 6.54 Å². The van der Waals surface area contributed by atoms with Crippen molar-refractivity contribution < 1.29 is 0 Å². The molecule has 1 aliphatic carbocycles. The number of hydrogen-bond donors (Lipinski definition) is 1. The molecular formula is C15H21Cl2N. The van der Waals surface area contributed by atoms with Gasteiger partial charge in [0.1, 0.15) is 0 Å². The van der Waals surface area contributed by atoms with Crippen molar-refractivity contribution in [2.75, 3.05) is 0 Å². The third-order valence-corrected chi connectivity index (χ3v) is 4.34. The Morgan fingerprint density at radius 3 is 2.33 bits per heavy atom. The van der Waals surface area contributed by atoms with E-state index in [1.54, 1.807) is 6.07 Å². The van der Waals surface area contributed by atoms with E-state index in [-0.39, 0.29) is 0 Å². The summed E-state index contributed by atoms with van der Waals surface area (Å²) in [7, 11) is 0. The Morgan fingerprint density at radius 2 is 1.72 bits per heavy atom. The molecule has 1 aliphatic rings. The zero-order valence-electron chi connectivity index (χ0n) is 10.9. The van der Waals surface area contributed by atoms with Crippen LogP contribution in [0.2, 0.25) is 10.0 Å². The number of halogens is 2. The summed E-state index contributed by atoms with van der Waals surface area (Å²) in [6.45, 7) is 3.14. The third-order valence-electron chi connectivity index (χ3n) is 3.91. The fourth-order valence-electron chi connectivity index (χ4n) is 2.79. The van der Waals surface area contributed by atoms with E-state index in [1.807, 2.05) is 12.1 Å². The number of rotatable bonds is 4. The molecule has 0 bridgehead atoms. The molecule has 2 rings (SSSR count). The van der Waals surface area contributed by atoms with E-state index >= 15 is 0 Å². The molecule has 18 heavy (non-hydrogen) atoms. The molecule has 1 saturated carbocycles. The SMILES string of the molecule is CC(NCc1cc(Cl)cc(Cl)c1)C1CCCCC1. The van der Waals surface area contributed by atoms with Crippen molar-refractivity contribution in [1.29, 1.82) is 0 Å². The van der Waals surface area contributed by atoms with E-state index in [2.05, 4.69) is 12.2 Å². The van der Waals surface area contributed by atoms with Crippen LogP contribution in [0.5, 0.6) is 0 Å². The van der Waals surface area contributed by atoms with Crippen molar-refractivity contribution >= 4 is 23.2 Å². The standard InChI is InChI=1S/C15H21Cl2N/c1-11(13-5-3-2-4-6-13)18-10-12-7-14(16)9-15(17)8-12/h7-9,11,13,18H,2-6,10H2,1H3. The van der Waals surface area contributed by atoms with Crippen LogP contribution in [0.1, 0.15) is 44.6 Å². The fraction of sp³-hybridized carbons (Fsp3) is 0.600. The van der Waals surface area contributed by atoms with E-state index in [4.69, 9.17) is 23.2 Å². The van der Waals surface area contributed by atoms with Gasteiger partial charge in [0, 0.05) is 22.6 Å². The summed E-state index contributed by atoms with van der Waals surface area (Å²) in [5, 5.41) is 5.03. The van der Waals surface area contributed by atoms with Gasteiger partial charge >= 0.3 is 0 Å². The van der Waals surface area contributed by atoms with Gasteiger partial charge in [0.05, 0.1) is 0 Å². The van der Waals surface area contributed by atoms with Crippen LogP contribution in [-0.4, -0.2) is 6.04 Å². The highest BCUT2D eigenvalue weighted by Gasteiger charge is 2.19. The highest BCUT2D eigenvalue weighted by atomic mass is 35.5. The fourth-order valence-corrected chi connectivity index (χ4v) is 3.36. The maximum absolute atomic E-state index is 6.00. The summed E-state index contributed by atoms with van der Waals surface area (Å²) in [5.41, 5.74) is 1.16. The first-order valence-corrected chi connectivity index (χ1v) is 7.59. The molecule has 1 aromatic carbocycles. The largest absolute Gasteiger partial charge is 0.310 e. The summed E-state index contributed by atoms with van der Waals surface area (Å²) in [6.07, 6.45) is 6.92. The summed E-state index contributed by atoms with van der Waals surface area (Å²) < 4.78 is 0. The second-order valence-electron chi connectivity index (χ2n) is 5.35. The van der Waals surface area contributed by atoms with Crippen LogP contribution in [0.4, 0.5) is 0 Å². The molecule has 0 radical (unpaired) electrons. The average Bonchev–Trinajstić information content (AvgIpc) is 2.36. The molecule has 100 valence electrons. The first-order chi connectivity index (χ1) is 8.65. The molecule has 1 fully saturated rings. The average molecular weight is 286 g/mol. The predicted molar refractivity (Wildman–Crippen MR) is 79.3 cm³/mol. The Kier molecular flexibility index (Phi) is 5.35. The molecule has 0 aromatic heterocycles. The molecule has 0 aliphatic heterocycles. The topological polar surface area (TPSA) is 12.0 Å². The lowest BCUT2D eigenvalue weighted by atomic mass is 9.84. The van der Waals surface area contributed by atoms with Gasteiger partial charge in [-0.2, -0.15) is 0 Å². The van der Waals surface area contributed by atoms with E-state index in [1.165, 1.54) is 32.1 Å². The molecule has 1 aromatic rings. The minimum atomic E-state index is 0.572. The Morgan fingerprint density at radius 1 is 1.11 bits per heavy atom. The smallest absolute Gasteiger partial charge is 0.0424 e. The zero-order chi connectivity index (χ0) is 13.0. The van der Waals surface area contributed by atoms with Crippen molar-refractivity contribution in [3.8, 4) is 0 Å². The van der Waals surface area contributed by atoms with Crippen molar-refractivity contribution in [1.82, 2.24) is 5.32 Å². The van der Waals surface area contributed by atoms with Crippen LogP contribution < -0.4 is 5.32 Å². The molecule has 1 atom stereocenters. The Labute approximate surface area is 120 Å². The lowest BCUT2D eigenvalue weighted by Gasteiger charge is -2.28. The number of hydrogen-bond acceptors (Lipinski definition) is 1. The highest BCUT2D eigenvalue weighted by Crippen LogP contribution is 2.26. The minimum absolute atomic E-state index is 0.572. The van der Waals surface area contributed by atoms with Crippen molar-refractivity contribution in [2.45, 2.75) is 51.6 Å². The number of nitrogens with one attached hydrogen (secondary N) is 1. The Bertz CT molecular complexity index is 366. The van der Waals surface area contributed by atoms with Gasteiger partial charge in [-0.15, -0.1) is 0 Å². The van der Waals surface area contributed by atoms with Crippen LogP contribution in [0, 0.1) is 5.92 Å². The van der Waals surface area contributed by atoms with Gasteiger partial charge in [-0.3, -0.25) is 0 Å². The van der Waals surface area contributed by atoms with E-state index in [0.717, 1.165) is 18.0 Å². The molecule has 0 spiro atoms. The summed E-state index contributed by atoms with van der Waals surface area (Å²) in [5.74, 6) is 0.827. The van der Waals surface area contributed by atoms with Gasteiger partial charge < -0.3 is 5.32 Å². The first-order valence-electron chi connectivity index (χ1n) is 6.83. The third kappa shape index (κ3) is 4.15. The summed E-state index contributed by atoms with van der Waals surface area (Å²) in [4.78, 5) is 0. The van der Waals surface area contributed by atoms with Crippen LogP contribution in [0.3, 0.4) is 0 Å². The van der Waals surface area contributed by atoms with E-state index in [0.29, 0.717) is 16.1 Å². The Balaban J connectivity index is 1.86. The van der Waals surface area contributed by atoms with Crippen molar-refractivity contribution in [2.24, 2.45) is 5.92 Å². The first kappa shape index (κ1) is 14.2. The molecule has 0 amide bonds. The lowest BCUT2D eigenvalue weighted by molar-refractivity contribution is 0.280. The van der Waals surface area contributed by atoms with Gasteiger partial charge in [-0.1, -0.05) is 42.5 Å². The zero-order valence-corrected chi connectivity index (χ0v) is 12.4. The molecule has 1 N–H and O–H groups in total. The molecule has 1 nitrogen and oxygen atoms in total. The van der Waals surface area contributed by atoms with Crippen LogP contribution >= 0.6 is 23.2 Å². The van der Waals surface area contributed by atoms with Crippen LogP contribution in [0.15, 0.2) is 18.2 Å². The van der Waals surface area contributed by atoms with Crippen molar-refractivity contribution in [3.05, 3.63) is 33.8 Å². The van der Waals surface area contributed by atoms with Crippen molar-refractivity contribution in [3.63, 3.8) is 0 Å². The van der Waals surface area contributed by atoms with Gasteiger partial charge in [-0.25, -0.2) is 0 Å². The maximum atomic E-state index is 6.00. The number of benzene rings is 1. The van der Waals surface area contributed by atoms with Gasteiger partial charge in [0.25, 0.3) is 0 Å². The monoisotopic (exact) mass is 285 g/mol. The second kappa shape index (κ2) is 6.79. The van der Waals surface area contributed by atoms with E-state index < -0.39 is 0 Å². The molecule has 0 saturated heterocycles. The van der Waals surface area contributed by atoms with Gasteiger partial charge in [-0.05, 0) is 49.4 Å². The molecule has 3 heteroatoms. The summed E-state index contributed by atoms with van der Waals surface area (Å²) >= 11 is 12.0. The maximum Gasteiger partial charge on any atom is 0.0424 e. The second-order valence-corrected chi connectivity index (χ2v) is 6.22. The molecule has 1 unspecified atom stereocenters. The quantitative estimate of drug-likeness (QED) is 0.816. The van der Waals surface area contributed by atoms with E-state index in [9.17, 15) is 0 Å². The van der Waals surface area contributed by atoms with Crippen LogP contribution in [0.25, 0.3) is 0 Å². The highest BCUT2D eigenvalue weighted by molar-refractivity contribution is 6.34. The minimum Gasteiger partial charge on any atom is -0.310 e. The molecule has 0 heterocycles. The lowest BCUT2D eigenvalue weighted by Crippen LogP contribution is -2.34. The normalized spacial score (nSPS) is 18.8. The van der Waals surface area contributed by atoms with Gasteiger partial charge in [0.15, 0.2) is 0 Å². The Hall–Kier alpha value is -0.240. The molecular weight excluding hydrogens is 265 g/mol. The summed E-state index contributed by atoms with van der Waals surface area (Å²) in [6, 6.07) is 6.31. The van der Waals surface area contributed by atoms with Gasteiger partial charge in [0.2, 0.25) is 0 Å².